The van der Waals surface area contributed by atoms with E-state index in [2.05, 4.69) is 28.6 Å². The summed E-state index contributed by atoms with van der Waals surface area (Å²) in [6, 6.07) is 4.70. The Bertz CT molecular complexity index is 303. The quantitative estimate of drug-likeness (QED) is 0.775. The van der Waals surface area contributed by atoms with Crippen LogP contribution in [0.1, 0.15) is 25.0 Å². The molecule has 3 nitrogen and oxygen atoms in total. The van der Waals surface area contributed by atoms with Crippen molar-refractivity contribution in [3.63, 3.8) is 0 Å². The lowest BCUT2D eigenvalue weighted by Crippen LogP contribution is -2.22. The zero-order chi connectivity index (χ0) is 10.5. The number of aryl methyl sites for hydroxylation is 1. The molecule has 3 heteroatoms. The van der Waals surface area contributed by atoms with Crippen molar-refractivity contribution in [2.24, 2.45) is 0 Å². The number of rotatable bonds is 2. The Morgan fingerprint density at radius 3 is 3.20 bits per heavy atom. The Balaban J connectivity index is 1.98. The smallest absolute Gasteiger partial charge is 0.0603 e. The predicted molar refractivity (Wildman–Crippen MR) is 63.1 cm³/mol. The van der Waals surface area contributed by atoms with E-state index in [0.29, 0.717) is 6.04 Å². The molecular formula is C12H19N3. The highest BCUT2D eigenvalue weighted by atomic mass is 15.0. The summed E-state index contributed by atoms with van der Waals surface area (Å²) in [4.78, 5) is 4.29. The second kappa shape index (κ2) is 5.12. The van der Waals surface area contributed by atoms with Gasteiger partial charge in [-0.2, -0.15) is 0 Å². The summed E-state index contributed by atoms with van der Waals surface area (Å²) in [5.41, 5.74) is 2.28. The fourth-order valence-corrected chi connectivity index (χ4v) is 2.02. The van der Waals surface area contributed by atoms with E-state index in [4.69, 9.17) is 0 Å². The van der Waals surface area contributed by atoms with Crippen molar-refractivity contribution >= 4 is 5.69 Å². The number of pyridine rings is 1. The molecule has 0 amide bonds. The van der Waals surface area contributed by atoms with Gasteiger partial charge >= 0.3 is 0 Å². The first-order chi connectivity index (χ1) is 7.36. The minimum absolute atomic E-state index is 0.600. The SMILES string of the molecule is Cc1ncccc1NC1CCCNCC1. The van der Waals surface area contributed by atoms with E-state index in [9.17, 15) is 0 Å². The molecule has 82 valence electrons. The molecule has 0 spiro atoms. The molecule has 1 aromatic rings. The monoisotopic (exact) mass is 205 g/mol. The molecule has 0 saturated carbocycles. The molecule has 2 heterocycles. The van der Waals surface area contributed by atoms with Gasteiger partial charge in [0, 0.05) is 12.2 Å². The first-order valence-corrected chi connectivity index (χ1v) is 5.75. The summed E-state index contributed by atoms with van der Waals surface area (Å²) in [6.45, 7) is 4.33. The number of nitrogens with one attached hydrogen (secondary N) is 2. The second-order valence-electron chi connectivity index (χ2n) is 4.16. The lowest BCUT2D eigenvalue weighted by molar-refractivity contribution is 0.636. The Hall–Kier alpha value is -1.09. The molecule has 0 radical (unpaired) electrons. The van der Waals surface area contributed by atoms with E-state index in [-0.39, 0.29) is 0 Å². The topological polar surface area (TPSA) is 37.0 Å². The van der Waals surface area contributed by atoms with Crippen LogP contribution in [-0.2, 0) is 0 Å². The zero-order valence-corrected chi connectivity index (χ0v) is 9.29. The molecule has 1 fully saturated rings. The molecule has 15 heavy (non-hydrogen) atoms. The van der Waals surface area contributed by atoms with Gasteiger partial charge in [0.2, 0.25) is 0 Å². The lowest BCUT2D eigenvalue weighted by atomic mass is 10.1. The summed E-state index contributed by atoms with van der Waals surface area (Å²) >= 11 is 0. The van der Waals surface area contributed by atoms with Gasteiger partial charge < -0.3 is 10.6 Å². The molecule has 1 aliphatic heterocycles. The highest BCUT2D eigenvalue weighted by molar-refractivity contribution is 5.47. The molecule has 1 aromatic heterocycles. The van der Waals surface area contributed by atoms with Gasteiger partial charge in [-0.3, -0.25) is 4.98 Å². The first-order valence-electron chi connectivity index (χ1n) is 5.75. The number of nitrogens with zero attached hydrogens (tertiary/aromatic N) is 1. The molecule has 0 bridgehead atoms. The van der Waals surface area contributed by atoms with Crippen molar-refractivity contribution in [1.82, 2.24) is 10.3 Å². The molecule has 1 atom stereocenters. The van der Waals surface area contributed by atoms with Gasteiger partial charge in [0.25, 0.3) is 0 Å². The zero-order valence-electron chi connectivity index (χ0n) is 9.29. The lowest BCUT2D eigenvalue weighted by Gasteiger charge is -2.18. The third-order valence-corrected chi connectivity index (χ3v) is 2.94. The van der Waals surface area contributed by atoms with Crippen LogP contribution in [0, 0.1) is 6.92 Å². The average Bonchev–Trinajstić information content (AvgIpc) is 2.50. The average molecular weight is 205 g/mol. The summed E-state index contributed by atoms with van der Waals surface area (Å²) in [5.74, 6) is 0. The van der Waals surface area contributed by atoms with Crippen molar-refractivity contribution in [3.8, 4) is 0 Å². The highest BCUT2D eigenvalue weighted by Crippen LogP contribution is 2.16. The number of hydrogen-bond donors (Lipinski definition) is 2. The third kappa shape index (κ3) is 2.93. The van der Waals surface area contributed by atoms with Crippen LogP contribution in [0.5, 0.6) is 0 Å². The number of aromatic nitrogens is 1. The van der Waals surface area contributed by atoms with Gasteiger partial charge in [0.1, 0.15) is 0 Å². The van der Waals surface area contributed by atoms with Gasteiger partial charge in [-0.05, 0) is 51.4 Å². The van der Waals surface area contributed by atoms with Crippen LogP contribution in [0.25, 0.3) is 0 Å². The number of hydrogen-bond acceptors (Lipinski definition) is 3. The molecule has 0 aromatic carbocycles. The van der Waals surface area contributed by atoms with Crippen molar-refractivity contribution < 1.29 is 0 Å². The summed E-state index contributed by atoms with van der Waals surface area (Å²) < 4.78 is 0. The van der Waals surface area contributed by atoms with Crippen molar-refractivity contribution in [2.75, 3.05) is 18.4 Å². The fourth-order valence-electron chi connectivity index (χ4n) is 2.02. The molecule has 1 saturated heterocycles. The van der Waals surface area contributed by atoms with Crippen LogP contribution in [0.15, 0.2) is 18.3 Å². The van der Waals surface area contributed by atoms with Crippen LogP contribution in [0.4, 0.5) is 5.69 Å². The van der Waals surface area contributed by atoms with Crippen LogP contribution >= 0.6 is 0 Å². The summed E-state index contributed by atoms with van der Waals surface area (Å²) in [5, 5.41) is 7.01. The van der Waals surface area contributed by atoms with Crippen molar-refractivity contribution in [3.05, 3.63) is 24.0 Å². The maximum atomic E-state index is 4.29. The van der Waals surface area contributed by atoms with Gasteiger partial charge in [0.15, 0.2) is 0 Å². The van der Waals surface area contributed by atoms with Crippen molar-refractivity contribution in [2.45, 2.75) is 32.2 Å². The standard InChI is InChI=1S/C12H19N3/c1-10-12(5-3-8-14-10)15-11-4-2-7-13-9-6-11/h3,5,8,11,13,15H,2,4,6-7,9H2,1H3. The van der Waals surface area contributed by atoms with E-state index in [1.807, 2.05) is 12.3 Å². The largest absolute Gasteiger partial charge is 0.381 e. The van der Waals surface area contributed by atoms with E-state index < -0.39 is 0 Å². The van der Waals surface area contributed by atoms with E-state index >= 15 is 0 Å². The fraction of sp³-hybridized carbons (Fsp3) is 0.583. The van der Waals surface area contributed by atoms with E-state index in [1.165, 1.54) is 24.9 Å². The number of anilines is 1. The summed E-state index contributed by atoms with van der Waals surface area (Å²) in [7, 11) is 0. The van der Waals surface area contributed by atoms with Crippen LogP contribution in [-0.4, -0.2) is 24.1 Å². The molecular weight excluding hydrogens is 186 g/mol. The Morgan fingerprint density at radius 2 is 2.33 bits per heavy atom. The minimum Gasteiger partial charge on any atom is -0.381 e. The first kappa shape index (κ1) is 10.4. The predicted octanol–water partition coefficient (Wildman–Crippen LogP) is 1.94. The Labute approximate surface area is 91.3 Å². The minimum atomic E-state index is 0.600. The van der Waals surface area contributed by atoms with Crippen LogP contribution in [0.3, 0.4) is 0 Å². The van der Waals surface area contributed by atoms with E-state index in [1.54, 1.807) is 0 Å². The third-order valence-electron chi connectivity index (χ3n) is 2.94. The Kier molecular flexibility index (Phi) is 3.56. The van der Waals surface area contributed by atoms with Crippen LogP contribution in [0.2, 0.25) is 0 Å². The maximum absolute atomic E-state index is 4.29. The van der Waals surface area contributed by atoms with Crippen LogP contribution < -0.4 is 10.6 Å². The summed E-state index contributed by atoms with van der Waals surface area (Å²) in [6.07, 6.45) is 5.56. The van der Waals surface area contributed by atoms with Gasteiger partial charge in [-0.15, -0.1) is 0 Å². The highest BCUT2D eigenvalue weighted by Gasteiger charge is 2.12. The maximum Gasteiger partial charge on any atom is 0.0603 e. The molecule has 0 aliphatic carbocycles. The second-order valence-corrected chi connectivity index (χ2v) is 4.16. The van der Waals surface area contributed by atoms with Gasteiger partial charge in [-0.1, -0.05) is 0 Å². The molecule has 2 rings (SSSR count). The molecule has 1 aliphatic rings. The molecule has 1 unspecified atom stereocenters. The molecule has 2 N–H and O–H groups in total. The Morgan fingerprint density at radius 1 is 1.40 bits per heavy atom. The van der Waals surface area contributed by atoms with Crippen molar-refractivity contribution in [1.29, 1.82) is 0 Å². The van der Waals surface area contributed by atoms with Gasteiger partial charge in [0.05, 0.1) is 11.4 Å². The normalized spacial score (nSPS) is 22.1. The van der Waals surface area contributed by atoms with E-state index in [0.717, 1.165) is 18.8 Å². The van der Waals surface area contributed by atoms with Gasteiger partial charge in [-0.25, -0.2) is 0 Å².